The van der Waals surface area contributed by atoms with Gasteiger partial charge in [-0.05, 0) is 56.3 Å². The maximum atomic E-state index is 11.0. The highest BCUT2D eigenvalue weighted by atomic mass is 16.4. The van der Waals surface area contributed by atoms with Crippen molar-refractivity contribution in [2.24, 2.45) is 5.92 Å². The molecule has 3 heteroatoms. The Bertz CT molecular complexity index is 436. The normalized spacial score (nSPS) is 23.5. The maximum absolute atomic E-state index is 11.0. The number of rotatable bonds is 4. The molecule has 1 saturated carbocycles. The van der Waals surface area contributed by atoms with Gasteiger partial charge in [-0.2, -0.15) is 0 Å². The van der Waals surface area contributed by atoms with Crippen LogP contribution in [0.25, 0.3) is 0 Å². The van der Waals surface area contributed by atoms with E-state index in [4.69, 9.17) is 5.11 Å². The van der Waals surface area contributed by atoms with Crippen molar-refractivity contribution in [1.29, 1.82) is 0 Å². The maximum Gasteiger partial charge on any atom is 0.335 e. The molecule has 104 valence electrons. The quantitative estimate of drug-likeness (QED) is 0.903. The molecule has 2 rings (SSSR count). The summed E-state index contributed by atoms with van der Waals surface area (Å²) < 4.78 is 0. The first-order valence-corrected chi connectivity index (χ1v) is 7.08. The number of carbonyl (C=O) groups is 1. The second-order valence-electron chi connectivity index (χ2n) is 5.83. The Morgan fingerprint density at radius 3 is 2.63 bits per heavy atom. The number of benzene rings is 1. The molecule has 0 heterocycles. The van der Waals surface area contributed by atoms with Crippen LogP contribution < -0.4 is 0 Å². The van der Waals surface area contributed by atoms with Gasteiger partial charge in [-0.3, -0.25) is 4.90 Å². The van der Waals surface area contributed by atoms with E-state index in [9.17, 15) is 4.79 Å². The van der Waals surface area contributed by atoms with Gasteiger partial charge < -0.3 is 5.11 Å². The molecule has 0 aliphatic heterocycles. The second-order valence-corrected chi connectivity index (χ2v) is 5.83. The molecule has 0 unspecified atom stereocenters. The molecular weight excluding hydrogens is 238 g/mol. The number of carboxylic acid groups (broad SMARTS) is 1. The zero-order valence-corrected chi connectivity index (χ0v) is 11.8. The number of carboxylic acids is 1. The van der Waals surface area contributed by atoms with Crippen LogP contribution in [0, 0.1) is 5.92 Å². The van der Waals surface area contributed by atoms with E-state index in [2.05, 4.69) is 18.9 Å². The Morgan fingerprint density at radius 2 is 2.00 bits per heavy atom. The van der Waals surface area contributed by atoms with Gasteiger partial charge in [0.1, 0.15) is 0 Å². The van der Waals surface area contributed by atoms with E-state index < -0.39 is 5.97 Å². The number of aromatic carboxylic acids is 1. The summed E-state index contributed by atoms with van der Waals surface area (Å²) in [6.07, 6.45) is 5.14. The first-order valence-electron chi connectivity index (χ1n) is 7.08. The van der Waals surface area contributed by atoms with Crippen LogP contribution in [0.3, 0.4) is 0 Å². The third-order valence-corrected chi connectivity index (χ3v) is 4.21. The highest BCUT2D eigenvalue weighted by molar-refractivity contribution is 5.87. The molecule has 3 nitrogen and oxygen atoms in total. The highest BCUT2D eigenvalue weighted by Crippen LogP contribution is 2.27. The molecule has 1 aliphatic rings. The van der Waals surface area contributed by atoms with Crippen molar-refractivity contribution < 1.29 is 9.90 Å². The molecule has 0 aromatic heterocycles. The molecule has 19 heavy (non-hydrogen) atoms. The van der Waals surface area contributed by atoms with Gasteiger partial charge in [-0.25, -0.2) is 4.79 Å². The van der Waals surface area contributed by atoms with E-state index >= 15 is 0 Å². The van der Waals surface area contributed by atoms with Crippen molar-refractivity contribution >= 4 is 5.97 Å². The van der Waals surface area contributed by atoms with Crippen LogP contribution in [0.4, 0.5) is 0 Å². The molecule has 1 fully saturated rings. The Morgan fingerprint density at radius 1 is 1.32 bits per heavy atom. The molecule has 1 aromatic rings. The minimum atomic E-state index is -0.851. The SMILES string of the molecule is CC1CCC(N(C)Cc2cccc(C(=O)O)c2)CC1. The van der Waals surface area contributed by atoms with Crippen molar-refractivity contribution in [2.45, 2.75) is 45.2 Å². The lowest BCUT2D eigenvalue weighted by Crippen LogP contribution is -2.34. The number of hydrogen-bond acceptors (Lipinski definition) is 2. The molecule has 0 saturated heterocycles. The van der Waals surface area contributed by atoms with Crippen LogP contribution in [-0.2, 0) is 6.54 Å². The standard InChI is InChI=1S/C16H23NO2/c1-12-6-8-15(9-7-12)17(2)11-13-4-3-5-14(10-13)16(18)19/h3-5,10,12,15H,6-9,11H2,1-2H3,(H,18,19). The van der Waals surface area contributed by atoms with E-state index in [0.717, 1.165) is 18.0 Å². The van der Waals surface area contributed by atoms with Gasteiger partial charge in [-0.15, -0.1) is 0 Å². The lowest BCUT2D eigenvalue weighted by Gasteiger charge is -2.33. The van der Waals surface area contributed by atoms with Crippen molar-refractivity contribution in [2.75, 3.05) is 7.05 Å². The first kappa shape index (κ1) is 14.1. The summed E-state index contributed by atoms with van der Waals surface area (Å²) in [5.74, 6) is 0.0102. The van der Waals surface area contributed by atoms with Crippen LogP contribution in [0.15, 0.2) is 24.3 Å². The topological polar surface area (TPSA) is 40.5 Å². The fraction of sp³-hybridized carbons (Fsp3) is 0.562. The Kier molecular flexibility index (Phi) is 4.59. The molecule has 0 radical (unpaired) electrons. The van der Waals surface area contributed by atoms with E-state index in [0.29, 0.717) is 11.6 Å². The van der Waals surface area contributed by atoms with Gasteiger partial charge in [0.15, 0.2) is 0 Å². The lowest BCUT2D eigenvalue weighted by atomic mass is 9.86. The summed E-state index contributed by atoms with van der Waals surface area (Å²) in [5, 5.41) is 9.01. The molecule has 1 N–H and O–H groups in total. The third-order valence-electron chi connectivity index (χ3n) is 4.21. The number of nitrogens with zero attached hydrogens (tertiary/aromatic N) is 1. The third kappa shape index (κ3) is 3.80. The molecule has 1 aliphatic carbocycles. The molecule has 1 aromatic carbocycles. The summed E-state index contributed by atoms with van der Waals surface area (Å²) >= 11 is 0. The van der Waals surface area contributed by atoms with Crippen molar-refractivity contribution in [3.8, 4) is 0 Å². The van der Waals surface area contributed by atoms with Crippen molar-refractivity contribution in [1.82, 2.24) is 4.90 Å². The van der Waals surface area contributed by atoms with E-state index in [1.165, 1.54) is 25.7 Å². The van der Waals surface area contributed by atoms with E-state index in [1.54, 1.807) is 12.1 Å². The second kappa shape index (κ2) is 6.20. The first-order chi connectivity index (χ1) is 9.06. The van der Waals surface area contributed by atoms with E-state index in [-0.39, 0.29) is 0 Å². The van der Waals surface area contributed by atoms with Crippen LogP contribution in [0.1, 0.15) is 48.5 Å². The highest BCUT2D eigenvalue weighted by Gasteiger charge is 2.21. The zero-order chi connectivity index (χ0) is 13.8. The van der Waals surface area contributed by atoms with Gasteiger partial charge in [0.05, 0.1) is 5.56 Å². The van der Waals surface area contributed by atoms with Crippen LogP contribution in [0.5, 0.6) is 0 Å². The predicted octanol–water partition coefficient (Wildman–Crippen LogP) is 3.40. The fourth-order valence-electron chi connectivity index (χ4n) is 2.90. The van der Waals surface area contributed by atoms with Gasteiger partial charge in [0.25, 0.3) is 0 Å². The Labute approximate surface area is 115 Å². The van der Waals surface area contributed by atoms with Gasteiger partial charge in [0, 0.05) is 12.6 Å². The average molecular weight is 261 g/mol. The number of hydrogen-bond donors (Lipinski definition) is 1. The van der Waals surface area contributed by atoms with Crippen LogP contribution >= 0.6 is 0 Å². The van der Waals surface area contributed by atoms with Crippen molar-refractivity contribution in [3.05, 3.63) is 35.4 Å². The zero-order valence-electron chi connectivity index (χ0n) is 11.8. The van der Waals surface area contributed by atoms with Crippen molar-refractivity contribution in [3.63, 3.8) is 0 Å². The Balaban J connectivity index is 1.96. The average Bonchev–Trinajstić information content (AvgIpc) is 2.39. The smallest absolute Gasteiger partial charge is 0.335 e. The summed E-state index contributed by atoms with van der Waals surface area (Å²) in [4.78, 5) is 13.3. The Hall–Kier alpha value is -1.35. The summed E-state index contributed by atoms with van der Waals surface area (Å²) in [5.41, 5.74) is 1.46. The largest absolute Gasteiger partial charge is 0.478 e. The minimum absolute atomic E-state index is 0.378. The van der Waals surface area contributed by atoms with Crippen LogP contribution in [0.2, 0.25) is 0 Å². The van der Waals surface area contributed by atoms with Gasteiger partial charge in [0.2, 0.25) is 0 Å². The molecule has 0 amide bonds. The molecule has 0 bridgehead atoms. The fourth-order valence-corrected chi connectivity index (χ4v) is 2.90. The summed E-state index contributed by atoms with van der Waals surface area (Å²) in [7, 11) is 2.15. The summed E-state index contributed by atoms with van der Waals surface area (Å²) in [6, 6.07) is 7.91. The van der Waals surface area contributed by atoms with E-state index in [1.807, 2.05) is 12.1 Å². The summed E-state index contributed by atoms with van der Waals surface area (Å²) in [6.45, 7) is 3.16. The lowest BCUT2D eigenvalue weighted by molar-refractivity contribution is 0.0696. The minimum Gasteiger partial charge on any atom is -0.478 e. The van der Waals surface area contributed by atoms with Gasteiger partial charge >= 0.3 is 5.97 Å². The molecular formula is C16H23NO2. The predicted molar refractivity (Wildman–Crippen MR) is 76.3 cm³/mol. The molecule has 0 spiro atoms. The van der Waals surface area contributed by atoms with Crippen LogP contribution in [-0.4, -0.2) is 29.1 Å². The molecule has 0 atom stereocenters. The monoisotopic (exact) mass is 261 g/mol. The van der Waals surface area contributed by atoms with Gasteiger partial charge in [-0.1, -0.05) is 19.1 Å².